The van der Waals surface area contributed by atoms with Crippen molar-refractivity contribution < 1.29 is 14.3 Å². The van der Waals surface area contributed by atoms with Gasteiger partial charge < -0.3 is 9.72 Å². The average molecular weight is 330 g/mol. The number of benzene rings is 2. The molecular weight excluding hydrogens is 316 g/mol. The molecule has 4 aromatic rings. The van der Waals surface area contributed by atoms with Gasteiger partial charge in [0.25, 0.3) is 0 Å². The molecule has 2 heterocycles. The van der Waals surface area contributed by atoms with Gasteiger partial charge in [-0.3, -0.25) is 9.78 Å². The molecular formula is C20H14N2O3. The van der Waals surface area contributed by atoms with Crippen molar-refractivity contribution in [3.8, 4) is 0 Å². The SMILES string of the molecule is COC(=O)c1ccccc1C(=O)c1nccc2c1[nH]c1ccccc12. The van der Waals surface area contributed by atoms with Gasteiger partial charge in [-0.1, -0.05) is 36.4 Å². The Morgan fingerprint density at radius 3 is 2.44 bits per heavy atom. The predicted octanol–water partition coefficient (Wildman–Crippen LogP) is 3.73. The minimum absolute atomic E-state index is 0.227. The number of carbonyl (C=O) groups is 2. The Morgan fingerprint density at radius 2 is 1.64 bits per heavy atom. The van der Waals surface area contributed by atoms with E-state index < -0.39 is 5.97 Å². The van der Waals surface area contributed by atoms with E-state index in [2.05, 4.69) is 9.97 Å². The molecule has 0 amide bonds. The van der Waals surface area contributed by atoms with Crippen molar-refractivity contribution in [1.82, 2.24) is 9.97 Å². The van der Waals surface area contributed by atoms with E-state index in [1.807, 2.05) is 30.3 Å². The summed E-state index contributed by atoms with van der Waals surface area (Å²) in [6.07, 6.45) is 1.61. The molecule has 0 aliphatic rings. The van der Waals surface area contributed by atoms with E-state index in [-0.39, 0.29) is 22.6 Å². The Morgan fingerprint density at radius 1 is 0.920 bits per heavy atom. The summed E-state index contributed by atoms with van der Waals surface area (Å²) < 4.78 is 4.78. The first kappa shape index (κ1) is 15.1. The third-order valence-electron chi connectivity index (χ3n) is 4.22. The van der Waals surface area contributed by atoms with Gasteiger partial charge in [-0.05, 0) is 18.2 Å². The molecule has 5 nitrogen and oxygen atoms in total. The summed E-state index contributed by atoms with van der Waals surface area (Å²) in [4.78, 5) is 32.6. The van der Waals surface area contributed by atoms with E-state index >= 15 is 0 Å². The number of ether oxygens (including phenoxy) is 1. The van der Waals surface area contributed by atoms with Crippen molar-refractivity contribution in [2.75, 3.05) is 7.11 Å². The van der Waals surface area contributed by atoms with Crippen LogP contribution in [0.3, 0.4) is 0 Å². The molecule has 0 atom stereocenters. The van der Waals surface area contributed by atoms with Gasteiger partial charge in [-0.15, -0.1) is 0 Å². The molecule has 0 saturated carbocycles. The molecule has 2 aromatic heterocycles. The Hall–Kier alpha value is -3.47. The second-order valence-electron chi connectivity index (χ2n) is 5.62. The van der Waals surface area contributed by atoms with Gasteiger partial charge in [0.15, 0.2) is 0 Å². The molecule has 0 aliphatic heterocycles. The number of aromatic nitrogens is 2. The maximum atomic E-state index is 13.1. The van der Waals surface area contributed by atoms with Gasteiger partial charge in [0.1, 0.15) is 5.69 Å². The van der Waals surface area contributed by atoms with Crippen molar-refractivity contribution in [1.29, 1.82) is 0 Å². The number of H-pyrrole nitrogens is 1. The highest BCUT2D eigenvalue weighted by Crippen LogP contribution is 2.28. The number of aromatic amines is 1. The second kappa shape index (κ2) is 5.87. The van der Waals surface area contributed by atoms with Crippen LogP contribution in [0, 0.1) is 0 Å². The first-order valence-electron chi connectivity index (χ1n) is 7.78. The van der Waals surface area contributed by atoms with E-state index in [1.165, 1.54) is 7.11 Å². The van der Waals surface area contributed by atoms with Gasteiger partial charge in [-0.2, -0.15) is 0 Å². The molecule has 5 heteroatoms. The lowest BCUT2D eigenvalue weighted by atomic mass is 10.00. The van der Waals surface area contributed by atoms with Crippen LogP contribution in [0.15, 0.2) is 60.8 Å². The maximum absolute atomic E-state index is 13.1. The van der Waals surface area contributed by atoms with Gasteiger partial charge in [-0.25, -0.2) is 4.79 Å². The second-order valence-corrected chi connectivity index (χ2v) is 5.62. The summed E-state index contributed by atoms with van der Waals surface area (Å²) in [7, 11) is 1.29. The largest absolute Gasteiger partial charge is 0.465 e. The van der Waals surface area contributed by atoms with Crippen LogP contribution in [-0.2, 0) is 4.74 Å². The van der Waals surface area contributed by atoms with Crippen molar-refractivity contribution in [3.63, 3.8) is 0 Å². The zero-order valence-electron chi connectivity index (χ0n) is 13.4. The summed E-state index contributed by atoms with van der Waals surface area (Å²) in [6, 6.07) is 16.3. The minimum Gasteiger partial charge on any atom is -0.465 e. The molecule has 0 aliphatic carbocycles. The van der Waals surface area contributed by atoms with E-state index in [0.29, 0.717) is 5.52 Å². The molecule has 0 radical (unpaired) electrons. The predicted molar refractivity (Wildman–Crippen MR) is 94.8 cm³/mol. The van der Waals surface area contributed by atoms with Crippen molar-refractivity contribution >= 4 is 33.6 Å². The molecule has 122 valence electrons. The van der Waals surface area contributed by atoms with Crippen molar-refractivity contribution in [3.05, 3.63) is 77.6 Å². The molecule has 0 saturated heterocycles. The molecule has 0 fully saturated rings. The van der Waals surface area contributed by atoms with Crippen LogP contribution in [-0.4, -0.2) is 28.8 Å². The van der Waals surface area contributed by atoms with Gasteiger partial charge in [0, 0.05) is 28.0 Å². The Labute approximate surface area is 143 Å². The van der Waals surface area contributed by atoms with E-state index in [9.17, 15) is 9.59 Å². The van der Waals surface area contributed by atoms with Crippen LogP contribution in [0.5, 0.6) is 0 Å². The zero-order valence-corrected chi connectivity index (χ0v) is 13.4. The highest BCUT2D eigenvalue weighted by Gasteiger charge is 2.22. The fraction of sp³-hybridized carbons (Fsp3) is 0.0500. The Bertz CT molecular complexity index is 1130. The molecule has 1 N–H and O–H groups in total. The average Bonchev–Trinajstić information content (AvgIpc) is 3.05. The number of nitrogens with one attached hydrogen (secondary N) is 1. The number of rotatable bonds is 3. The van der Waals surface area contributed by atoms with Crippen LogP contribution in [0.2, 0.25) is 0 Å². The lowest BCUT2D eigenvalue weighted by Crippen LogP contribution is -2.12. The van der Waals surface area contributed by atoms with E-state index in [4.69, 9.17) is 4.74 Å². The first-order chi connectivity index (χ1) is 12.2. The number of methoxy groups -OCH3 is 1. The molecule has 2 aromatic carbocycles. The monoisotopic (exact) mass is 330 g/mol. The maximum Gasteiger partial charge on any atom is 0.338 e. The van der Waals surface area contributed by atoms with E-state index in [1.54, 1.807) is 30.5 Å². The third-order valence-corrected chi connectivity index (χ3v) is 4.22. The normalized spacial score (nSPS) is 10.9. The third kappa shape index (κ3) is 2.37. The number of hydrogen-bond acceptors (Lipinski definition) is 4. The van der Waals surface area contributed by atoms with Gasteiger partial charge in [0.2, 0.25) is 5.78 Å². The van der Waals surface area contributed by atoms with Crippen LogP contribution in [0.25, 0.3) is 21.8 Å². The summed E-state index contributed by atoms with van der Waals surface area (Å²) >= 11 is 0. The van der Waals surface area contributed by atoms with Gasteiger partial charge >= 0.3 is 5.97 Å². The number of nitrogens with zero attached hydrogens (tertiary/aromatic N) is 1. The molecule has 0 unspecified atom stereocenters. The molecule has 0 spiro atoms. The Kier molecular flexibility index (Phi) is 3.54. The number of ketones is 1. The van der Waals surface area contributed by atoms with Crippen LogP contribution >= 0.6 is 0 Å². The lowest BCUT2D eigenvalue weighted by Gasteiger charge is -2.07. The summed E-state index contributed by atoms with van der Waals surface area (Å²) in [5, 5.41) is 1.94. The molecule has 0 bridgehead atoms. The standard InChI is InChI=1S/C20H14N2O3/c1-25-20(24)15-8-3-2-7-14(15)19(23)18-17-13(10-11-21-18)12-6-4-5-9-16(12)22-17/h2-11,22H,1H3. The quantitative estimate of drug-likeness (QED) is 0.459. The number of para-hydroxylation sites is 1. The highest BCUT2D eigenvalue weighted by molar-refractivity contribution is 6.21. The fourth-order valence-corrected chi connectivity index (χ4v) is 3.04. The molecule has 4 rings (SSSR count). The number of fused-ring (bicyclic) bond motifs is 3. The lowest BCUT2D eigenvalue weighted by molar-refractivity contribution is 0.0597. The smallest absolute Gasteiger partial charge is 0.338 e. The highest BCUT2D eigenvalue weighted by atomic mass is 16.5. The van der Waals surface area contributed by atoms with Crippen LogP contribution in [0.1, 0.15) is 26.4 Å². The molecule has 25 heavy (non-hydrogen) atoms. The summed E-state index contributed by atoms with van der Waals surface area (Å²) in [5.41, 5.74) is 2.37. The number of carbonyl (C=O) groups excluding carboxylic acids is 2. The van der Waals surface area contributed by atoms with Crippen molar-refractivity contribution in [2.24, 2.45) is 0 Å². The van der Waals surface area contributed by atoms with Crippen LogP contribution in [0.4, 0.5) is 0 Å². The van der Waals surface area contributed by atoms with Gasteiger partial charge in [0.05, 0.1) is 18.2 Å². The minimum atomic E-state index is -0.548. The first-order valence-corrected chi connectivity index (χ1v) is 7.78. The fourth-order valence-electron chi connectivity index (χ4n) is 3.04. The number of esters is 1. The Balaban J connectivity index is 1.94. The summed E-state index contributed by atoms with van der Waals surface area (Å²) in [6.45, 7) is 0. The van der Waals surface area contributed by atoms with Crippen LogP contribution < -0.4 is 0 Å². The van der Waals surface area contributed by atoms with Crippen molar-refractivity contribution in [2.45, 2.75) is 0 Å². The zero-order chi connectivity index (χ0) is 17.4. The number of hydrogen-bond donors (Lipinski definition) is 1. The number of pyridine rings is 1. The summed E-state index contributed by atoms with van der Waals surface area (Å²) in [5.74, 6) is -0.870. The topological polar surface area (TPSA) is 72.1 Å². The van der Waals surface area contributed by atoms with E-state index in [0.717, 1.165) is 16.3 Å².